The van der Waals surface area contributed by atoms with Crippen molar-refractivity contribution in [3.05, 3.63) is 63.4 Å². The molecule has 0 bridgehead atoms. The summed E-state index contributed by atoms with van der Waals surface area (Å²) in [5.41, 5.74) is 3.78. The number of ether oxygens (including phenoxy) is 1. The molecule has 104 valence electrons. The number of hydrogen-bond donors (Lipinski definition) is 0. The molecule has 0 aromatic heterocycles. The lowest BCUT2D eigenvalue weighted by molar-refractivity contribution is 0.357. The number of halogens is 3. The Balaban J connectivity index is 2.00. The second-order valence-corrected chi connectivity index (χ2v) is 6.27. The van der Waals surface area contributed by atoms with Crippen LogP contribution in [0.1, 0.15) is 27.1 Å². The molecule has 0 amide bonds. The van der Waals surface area contributed by atoms with Crippen molar-refractivity contribution >= 4 is 27.5 Å². The quantitative estimate of drug-likeness (QED) is 0.672. The standard InChI is InChI=1S/C16H13BrClFO/c1-9-6-12(13(18)8-14(9)19)16(17)11-2-3-15-10(7-11)4-5-20-15/h2-3,6-8,16H,4-5H2,1H3. The normalized spacial score (nSPS) is 14.8. The minimum absolute atomic E-state index is 0.0554. The van der Waals surface area contributed by atoms with Crippen LogP contribution in [0.5, 0.6) is 5.75 Å². The highest BCUT2D eigenvalue weighted by molar-refractivity contribution is 9.09. The van der Waals surface area contributed by atoms with Gasteiger partial charge in [0.2, 0.25) is 0 Å². The summed E-state index contributed by atoms with van der Waals surface area (Å²) >= 11 is 9.83. The van der Waals surface area contributed by atoms with E-state index in [2.05, 4.69) is 22.0 Å². The molecule has 0 spiro atoms. The average Bonchev–Trinajstić information content (AvgIpc) is 2.89. The third-order valence-electron chi connectivity index (χ3n) is 3.56. The molecule has 0 fully saturated rings. The zero-order valence-electron chi connectivity index (χ0n) is 10.9. The van der Waals surface area contributed by atoms with Crippen LogP contribution in [-0.2, 0) is 6.42 Å². The predicted octanol–water partition coefficient (Wildman–Crippen LogP) is 5.21. The Labute approximate surface area is 130 Å². The first-order valence-corrected chi connectivity index (χ1v) is 7.71. The molecule has 2 aromatic carbocycles. The lowest BCUT2D eigenvalue weighted by atomic mass is 10.00. The van der Waals surface area contributed by atoms with E-state index in [1.807, 2.05) is 12.1 Å². The largest absolute Gasteiger partial charge is 0.493 e. The van der Waals surface area contributed by atoms with E-state index in [9.17, 15) is 4.39 Å². The van der Waals surface area contributed by atoms with Gasteiger partial charge in [-0.3, -0.25) is 0 Å². The van der Waals surface area contributed by atoms with Crippen molar-refractivity contribution in [1.29, 1.82) is 0 Å². The molecular formula is C16H13BrClFO. The Morgan fingerprint density at radius 2 is 2.10 bits per heavy atom. The van der Waals surface area contributed by atoms with Crippen molar-refractivity contribution in [1.82, 2.24) is 0 Å². The minimum Gasteiger partial charge on any atom is -0.493 e. The summed E-state index contributed by atoms with van der Waals surface area (Å²) in [6, 6.07) is 9.28. The van der Waals surface area contributed by atoms with Gasteiger partial charge in [0.05, 0.1) is 11.4 Å². The van der Waals surface area contributed by atoms with E-state index in [4.69, 9.17) is 16.3 Å². The molecule has 1 unspecified atom stereocenters. The number of aryl methyl sites for hydroxylation is 1. The highest BCUT2D eigenvalue weighted by Gasteiger charge is 2.19. The summed E-state index contributed by atoms with van der Waals surface area (Å²) in [7, 11) is 0. The van der Waals surface area contributed by atoms with E-state index in [0.717, 1.165) is 29.9 Å². The van der Waals surface area contributed by atoms with Gasteiger partial charge >= 0.3 is 0 Å². The highest BCUT2D eigenvalue weighted by atomic mass is 79.9. The summed E-state index contributed by atoms with van der Waals surface area (Å²) < 4.78 is 19.0. The summed E-state index contributed by atoms with van der Waals surface area (Å²) in [5.74, 6) is 0.677. The molecule has 1 aliphatic heterocycles. The van der Waals surface area contributed by atoms with Gasteiger partial charge in [0, 0.05) is 11.4 Å². The summed E-state index contributed by atoms with van der Waals surface area (Å²) in [4.78, 5) is -0.0554. The predicted molar refractivity (Wildman–Crippen MR) is 82.6 cm³/mol. The average molecular weight is 356 g/mol. The third kappa shape index (κ3) is 2.45. The molecule has 1 nitrogen and oxygen atoms in total. The first-order chi connectivity index (χ1) is 9.56. The second-order valence-electron chi connectivity index (χ2n) is 4.95. The first-order valence-electron chi connectivity index (χ1n) is 6.41. The smallest absolute Gasteiger partial charge is 0.127 e. The van der Waals surface area contributed by atoms with E-state index in [1.54, 1.807) is 13.0 Å². The maximum absolute atomic E-state index is 13.5. The van der Waals surface area contributed by atoms with E-state index in [0.29, 0.717) is 10.6 Å². The molecule has 20 heavy (non-hydrogen) atoms. The van der Waals surface area contributed by atoms with Gasteiger partial charge in [0.25, 0.3) is 0 Å². The van der Waals surface area contributed by atoms with Crippen LogP contribution < -0.4 is 4.74 Å². The van der Waals surface area contributed by atoms with Crippen LogP contribution in [0.4, 0.5) is 4.39 Å². The summed E-state index contributed by atoms with van der Waals surface area (Å²) in [6.45, 7) is 2.48. The Morgan fingerprint density at radius 3 is 2.90 bits per heavy atom. The van der Waals surface area contributed by atoms with Gasteiger partial charge in [0.1, 0.15) is 11.6 Å². The topological polar surface area (TPSA) is 9.23 Å². The fourth-order valence-corrected chi connectivity index (χ4v) is 3.47. The first kappa shape index (κ1) is 13.9. The van der Waals surface area contributed by atoms with Gasteiger partial charge < -0.3 is 4.74 Å². The molecule has 0 N–H and O–H groups in total. The van der Waals surface area contributed by atoms with Gasteiger partial charge in [-0.05, 0) is 41.3 Å². The van der Waals surface area contributed by atoms with Crippen molar-refractivity contribution in [2.75, 3.05) is 6.61 Å². The molecule has 0 aliphatic carbocycles. The van der Waals surface area contributed by atoms with Crippen molar-refractivity contribution in [3.8, 4) is 5.75 Å². The van der Waals surface area contributed by atoms with Crippen LogP contribution in [0.15, 0.2) is 30.3 Å². The maximum Gasteiger partial charge on any atom is 0.127 e. The van der Waals surface area contributed by atoms with E-state index < -0.39 is 0 Å². The Hall–Kier alpha value is -1.06. The van der Waals surface area contributed by atoms with Gasteiger partial charge in [-0.2, -0.15) is 0 Å². The fraction of sp³-hybridized carbons (Fsp3) is 0.250. The molecule has 1 atom stereocenters. The van der Waals surface area contributed by atoms with Gasteiger partial charge in [-0.15, -0.1) is 0 Å². The molecule has 0 saturated heterocycles. The SMILES string of the molecule is Cc1cc(C(Br)c2ccc3c(c2)CCO3)c(Cl)cc1F. The number of alkyl halides is 1. The van der Waals surface area contributed by atoms with Gasteiger partial charge in [-0.1, -0.05) is 45.7 Å². The molecule has 0 saturated carbocycles. The molecule has 0 radical (unpaired) electrons. The number of benzene rings is 2. The van der Waals surface area contributed by atoms with Crippen molar-refractivity contribution < 1.29 is 9.13 Å². The molecule has 4 heteroatoms. The van der Waals surface area contributed by atoms with Gasteiger partial charge in [0.15, 0.2) is 0 Å². The monoisotopic (exact) mass is 354 g/mol. The zero-order chi connectivity index (χ0) is 14.3. The van der Waals surface area contributed by atoms with Crippen molar-refractivity contribution in [2.24, 2.45) is 0 Å². The fourth-order valence-electron chi connectivity index (χ4n) is 2.42. The van der Waals surface area contributed by atoms with E-state index in [-0.39, 0.29) is 10.6 Å². The zero-order valence-corrected chi connectivity index (χ0v) is 13.3. The van der Waals surface area contributed by atoms with Crippen LogP contribution in [0.25, 0.3) is 0 Å². The summed E-state index contributed by atoms with van der Waals surface area (Å²) in [6.07, 6.45) is 0.930. The lowest BCUT2D eigenvalue weighted by Crippen LogP contribution is -1.97. The van der Waals surface area contributed by atoms with Crippen LogP contribution in [-0.4, -0.2) is 6.61 Å². The van der Waals surface area contributed by atoms with E-state index in [1.165, 1.54) is 11.6 Å². The number of fused-ring (bicyclic) bond motifs is 1. The molecule has 1 aliphatic rings. The Morgan fingerprint density at radius 1 is 1.30 bits per heavy atom. The second kappa shape index (κ2) is 5.38. The maximum atomic E-state index is 13.5. The lowest BCUT2D eigenvalue weighted by Gasteiger charge is -2.15. The summed E-state index contributed by atoms with van der Waals surface area (Å²) in [5, 5.41) is 0.437. The van der Waals surface area contributed by atoms with Crippen LogP contribution in [0.3, 0.4) is 0 Å². The minimum atomic E-state index is -0.277. The number of hydrogen-bond acceptors (Lipinski definition) is 1. The van der Waals surface area contributed by atoms with Crippen molar-refractivity contribution in [3.63, 3.8) is 0 Å². The van der Waals surface area contributed by atoms with Crippen LogP contribution in [0, 0.1) is 12.7 Å². The Kier molecular flexibility index (Phi) is 3.74. The van der Waals surface area contributed by atoms with Crippen molar-refractivity contribution in [2.45, 2.75) is 18.2 Å². The number of rotatable bonds is 2. The molecule has 1 heterocycles. The Bertz CT molecular complexity index is 672. The highest BCUT2D eigenvalue weighted by Crippen LogP contribution is 2.38. The van der Waals surface area contributed by atoms with Crippen LogP contribution >= 0.6 is 27.5 Å². The molecule has 3 rings (SSSR count). The molecular weight excluding hydrogens is 343 g/mol. The van der Waals surface area contributed by atoms with E-state index >= 15 is 0 Å². The van der Waals surface area contributed by atoms with Crippen LogP contribution in [0.2, 0.25) is 5.02 Å². The third-order valence-corrected chi connectivity index (χ3v) is 4.91. The van der Waals surface area contributed by atoms with Gasteiger partial charge in [-0.25, -0.2) is 4.39 Å². The molecule has 2 aromatic rings.